The second kappa shape index (κ2) is 5.97. The van der Waals surface area contributed by atoms with Crippen LogP contribution in [-0.2, 0) is 9.84 Å². The van der Waals surface area contributed by atoms with Gasteiger partial charge in [0.15, 0.2) is 9.84 Å². The molecule has 0 N–H and O–H groups in total. The molecule has 4 rings (SSSR count). The average molecular weight is 347 g/mol. The van der Waals surface area contributed by atoms with Crippen molar-refractivity contribution in [3.05, 3.63) is 95.6 Å². The summed E-state index contributed by atoms with van der Waals surface area (Å²) in [4.78, 5) is 4.97. The number of para-hydroxylation sites is 1. The first kappa shape index (κ1) is 15.8. The van der Waals surface area contributed by atoms with E-state index in [9.17, 15) is 8.42 Å². The van der Waals surface area contributed by atoms with Crippen molar-refractivity contribution in [3.8, 4) is 0 Å². The Morgan fingerprint density at radius 2 is 1.44 bits per heavy atom. The van der Waals surface area contributed by atoms with Gasteiger partial charge < -0.3 is 0 Å². The quantitative estimate of drug-likeness (QED) is 0.693. The molecule has 1 aliphatic rings. The Hall–Kier alpha value is -2.72. The van der Waals surface area contributed by atoms with Crippen LogP contribution in [0.1, 0.15) is 21.9 Å². The molecule has 0 unspecified atom stereocenters. The maximum absolute atomic E-state index is 13.4. The molecule has 1 atom stereocenters. The highest BCUT2D eigenvalue weighted by Crippen LogP contribution is 2.43. The molecule has 0 aromatic heterocycles. The lowest BCUT2D eigenvalue weighted by Gasteiger charge is -2.16. The second-order valence-electron chi connectivity index (χ2n) is 6.16. The minimum Gasteiger partial charge on any atom is -0.251 e. The Morgan fingerprint density at radius 1 is 0.800 bits per heavy atom. The van der Waals surface area contributed by atoms with E-state index in [1.165, 1.54) is 0 Å². The van der Waals surface area contributed by atoms with Gasteiger partial charge in [-0.15, -0.1) is 0 Å². The predicted octanol–water partition coefficient (Wildman–Crippen LogP) is 4.64. The van der Waals surface area contributed by atoms with E-state index in [-0.39, 0.29) is 0 Å². The third kappa shape index (κ3) is 2.68. The van der Waals surface area contributed by atoms with Gasteiger partial charge in [0.25, 0.3) is 0 Å². The molecule has 0 radical (unpaired) electrons. The number of hydrogen-bond acceptors (Lipinski definition) is 3. The fourth-order valence-electron chi connectivity index (χ4n) is 3.15. The summed E-state index contributed by atoms with van der Waals surface area (Å²) in [5.74, 6) is 0. The first-order chi connectivity index (χ1) is 12.1. The van der Waals surface area contributed by atoms with Gasteiger partial charge in [-0.2, -0.15) is 0 Å². The molecule has 3 nitrogen and oxygen atoms in total. The summed E-state index contributed by atoms with van der Waals surface area (Å²) in [5, 5.41) is -0.784. The van der Waals surface area contributed by atoms with Crippen LogP contribution in [0.3, 0.4) is 0 Å². The maximum atomic E-state index is 13.4. The molecule has 1 heterocycles. The fraction of sp³-hybridized carbons (Fsp3) is 0.0952. The van der Waals surface area contributed by atoms with Crippen molar-refractivity contribution in [3.63, 3.8) is 0 Å². The Labute approximate surface area is 147 Å². The van der Waals surface area contributed by atoms with Crippen LogP contribution in [-0.4, -0.2) is 14.1 Å². The lowest BCUT2D eigenvalue weighted by atomic mass is 10.0. The first-order valence-corrected chi connectivity index (χ1v) is 9.65. The molecule has 0 amide bonds. The van der Waals surface area contributed by atoms with Gasteiger partial charge >= 0.3 is 0 Å². The molecule has 124 valence electrons. The highest BCUT2D eigenvalue weighted by molar-refractivity contribution is 7.92. The SMILES string of the molecule is Cc1ccc(S(=O)(=O)[C@H]2C(c3ccccc3)=Nc3ccccc32)cc1. The van der Waals surface area contributed by atoms with Gasteiger partial charge in [-0.05, 0) is 30.7 Å². The number of aryl methyl sites for hydroxylation is 1. The number of sulfone groups is 1. The van der Waals surface area contributed by atoms with E-state index in [0.717, 1.165) is 22.4 Å². The van der Waals surface area contributed by atoms with Crippen molar-refractivity contribution >= 4 is 21.2 Å². The highest BCUT2D eigenvalue weighted by atomic mass is 32.2. The molecular formula is C21H17NO2S. The van der Waals surface area contributed by atoms with Gasteiger partial charge in [-0.1, -0.05) is 66.2 Å². The predicted molar refractivity (Wildman–Crippen MR) is 100 cm³/mol. The molecule has 3 aromatic carbocycles. The van der Waals surface area contributed by atoms with Crippen molar-refractivity contribution in [2.45, 2.75) is 17.1 Å². The monoisotopic (exact) mass is 347 g/mol. The van der Waals surface area contributed by atoms with Crippen LogP contribution < -0.4 is 0 Å². The van der Waals surface area contributed by atoms with Gasteiger partial charge in [-0.25, -0.2) is 8.42 Å². The van der Waals surface area contributed by atoms with Crippen LogP contribution in [0.15, 0.2) is 88.8 Å². The van der Waals surface area contributed by atoms with E-state index in [2.05, 4.69) is 4.99 Å². The fourth-order valence-corrected chi connectivity index (χ4v) is 4.95. The van der Waals surface area contributed by atoms with Crippen molar-refractivity contribution < 1.29 is 8.42 Å². The van der Waals surface area contributed by atoms with E-state index in [0.29, 0.717) is 10.6 Å². The summed E-state index contributed by atoms with van der Waals surface area (Å²) in [6, 6.07) is 24.0. The molecule has 25 heavy (non-hydrogen) atoms. The van der Waals surface area contributed by atoms with Crippen molar-refractivity contribution in [1.82, 2.24) is 0 Å². The lowest BCUT2D eigenvalue weighted by molar-refractivity contribution is 0.593. The zero-order valence-electron chi connectivity index (χ0n) is 13.8. The molecule has 0 saturated carbocycles. The summed E-state index contributed by atoms with van der Waals surface area (Å²) in [7, 11) is -3.60. The van der Waals surface area contributed by atoms with E-state index < -0.39 is 15.1 Å². The molecule has 0 aliphatic carbocycles. The Kier molecular flexibility index (Phi) is 3.77. The van der Waals surface area contributed by atoms with E-state index in [1.54, 1.807) is 12.1 Å². The summed E-state index contributed by atoms with van der Waals surface area (Å²) in [6.07, 6.45) is 0. The third-order valence-corrected chi connectivity index (χ3v) is 6.46. The molecular weight excluding hydrogens is 330 g/mol. The normalized spacial score (nSPS) is 16.4. The number of benzene rings is 3. The van der Waals surface area contributed by atoms with Crippen LogP contribution in [0.2, 0.25) is 0 Å². The minimum absolute atomic E-state index is 0.323. The van der Waals surface area contributed by atoms with Gasteiger partial charge in [-0.3, -0.25) is 4.99 Å². The standard InChI is InChI=1S/C21H17NO2S/c1-15-11-13-17(14-12-15)25(23,24)21-18-9-5-6-10-19(18)22-20(21)16-7-3-2-4-8-16/h2-14,21H,1H3/t21-/m1/s1. The number of hydrogen-bond donors (Lipinski definition) is 0. The highest BCUT2D eigenvalue weighted by Gasteiger charge is 2.39. The molecule has 1 aliphatic heterocycles. The lowest BCUT2D eigenvalue weighted by Crippen LogP contribution is -2.20. The Balaban J connectivity index is 1.91. The summed E-state index contributed by atoms with van der Waals surface area (Å²) in [5.41, 5.74) is 3.91. The summed E-state index contributed by atoms with van der Waals surface area (Å²) < 4.78 is 26.8. The molecule has 0 spiro atoms. The second-order valence-corrected chi connectivity index (χ2v) is 8.19. The minimum atomic E-state index is -3.60. The van der Waals surface area contributed by atoms with E-state index in [4.69, 9.17) is 0 Å². The summed E-state index contributed by atoms with van der Waals surface area (Å²) in [6.45, 7) is 1.94. The molecule has 0 saturated heterocycles. The van der Waals surface area contributed by atoms with Gasteiger partial charge in [0.2, 0.25) is 0 Å². The smallest absolute Gasteiger partial charge is 0.191 e. The number of aliphatic imine (C=N–C) groups is 1. The van der Waals surface area contributed by atoms with Crippen LogP contribution >= 0.6 is 0 Å². The van der Waals surface area contributed by atoms with Crippen LogP contribution in [0.5, 0.6) is 0 Å². The molecule has 0 bridgehead atoms. The summed E-state index contributed by atoms with van der Waals surface area (Å²) >= 11 is 0. The Bertz CT molecular complexity index is 1050. The van der Waals surface area contributed by atoms with Gasteiger partial charge in [0, 0.05) is 5.56 Å². The van der Waals surface area contributed by atoms with Crippen LogP contribution in [0, 0.1) is 6.92 Å². The van der Waals surface area contributed by atoms with Crippen molar-refractivity contribution in [2.75, 3.05) is 0 Å². The molecule has 3 aromatic rings. The first-order valence-electron chi connectivity index (χ1n) is 8.11. The Morgan fingerprint density at radius 3 is 2.16 bits per heavy atom. The number of fused-ring (bicyclic) bond motifs is 1. The number of rotatable bonds is 3. The van der Waals surface area contributed by atoms with Crippen LogP contribution in [0.4, 0.5) is 5.69 Å². The maximum Gasteiger partial charge on any atom is 0.191 e. The zero-order chi connectivity index (χ0) is 17.4. The van der Waals surface area contributed by atoms with E-state index >= 15 is 0 Å². The topological polar surface area (TPSA) is 46.5 Å². The average Bonchev–Trinajstić information content (AvgIpc) is 3.03. The third-order valence-electron chi connectivity index (χ3n) is 4.44. The molecule has 0 fully saturated rings. The largest absolute Gasteiger partial charge is 0.251 e. The van der Waals surface area contributed by atoms with E-state index in [1.807, 2.05) is 73.7 Å². The van der Waals surface area contributed by atoms with Crippen LogP contribution in [0.25, 0.3) is 0 Å². The van der Waals surface area contributed by atoms with Crippen molar-refractivity contribution in [1.29, 1.82) is 0 Å². The molecule has 4 heteroatoms. The van der Waals surface area contributed by atoms with Gasteiger partial charge in [0.1, 0.15) is 5.25 Å². The van der Waals surface area contributed by atoms with Crippen molar-refractivity contribution in [2.24, 2.45) is 4.99 Å². The zero-order valence-corrected chi connectivity index (χ0v) is 14.6. The number of nitrogens with zero attached hydrogens (tertiary/aromatic N) is 1. The van der Waals surface area contributed by atoms with Gasteiger partial charge in [0.05, 0.1) is 16.3 Å².